The Kier molecular flexibility index (Phi) is 7.72. The van der Waals surface area contributed by atoms with Gasteiger partial charge in [-0.25, -0.2) is 19.9 Å². The molecule has 6 aromatic carbocycles. The highest BCUT2D eigenvalue weighted by Crippen LogP contribution is 2.39. The summed E-state index contributed by atoms with van der Waals surface area (Å²) in [6.45, 7) is 6.02. The predicted molar refractivity (Wildman–Crippen MR) is 238 cm³/mol. The molecule has 5 heterocycles. The molecule has 0 saturated carbocycles. The summed E-state index contributed by atoms with van der Waals surface area (Å²) in [5.41, 5.74) is 10.4. The SMILES string of the molecule is C=C/C=C\C=C(/C)n1c2cc(-c3nc(-c4ccccc4)nc(-c4cccc5c4oc4ccccc45)n3)ccc2c2ccc(-n3c4ccccc4c4cccnc43)cc21. The van der Waals surface area contributed by atoms with Gasteiger partial charge in [0.1, 0.15) is 16.8 Å². The molecule has 7 heteroatoms. The van der Waals surface area contributed by atoms with Gasteiger partial charge in [0.15, 0.2) is 17.5 Å². The molecule has 0 spiro atoms. The Bertz CT molecular complexity index is 3440. The van der Waals surface area contributed by atoms with Crippen LogP contribution in [0, 0.1) is 0 Å². The minimum Gasteiger partial charge on any atom is -0.455 e. The van der Waals surface area contributed by atoms with Gasteiger partial charge in [-0.1, -0.05) is 122 Å². The minimum atomic E-state index is 0.546. The summed E-state index contributed by atoms with van der Waals surface area (Å²) in [5.74, 6) is 1.70. The number of furan rings is 1. The van der Waals surface area contributed by atoms with E-state index >= 15 is 0 Å². The number of rotatable bonds is 7. The highest BCUT2D eigenvalue weighted by Gasteiger charge is 2.20. The van der Waals surface area contributed by atoms with Gasteiger partial charge in [0.2, 0.25) is 0 Å². The van der Waals surface area contributed by atoms with E-state index in [0.717, 1.165) is 88.4 Å². The van der Waals surface area contributed by atoms with E-state index in [4.69, 9.17) is 24.4 Å². The molecule has 0 fully saturated rings. The molecule has 0 bridgehead atoms. The molecule has 0 aliphatic rings. The standard InChI is InChI=1S/C51H34N6O/c1-3-4-6-15-32(2)56-44-30-34(25-27-37(44)38-28-26-35(31-45(38)56)57-43-23-11-9-18-36(43)41-22-14-29-52-51(41)57)49-53-48(33-16-7-5-8-17-33)54-50(55-49)42-21-13-20-40-39-19-10-12-24-46(39)58-47(40)42/h3-31H,1H2,2H3/b6-4-,32-15+. The van der Waals surface area contributed by atoms with Crippen molar-refractivity contribution in [2.24, 2.45) is 0 Å². The molecular formula is C51H34N6O. The van der Waals surface area contributed by atoms with Crippen LogP contribution in [0.5, 0.6) is 0 Å². The molecule has 7 nitrogen and oxygen atoms in total. The van der Waals surface area contributed by atoms with E-state index in [1.165, 1.54) is 5.39 Å². The second-order valence-electron chi connectivity index (χ2n) is 14.4. The van der Waals surface area contributed by atoms with E-state index in [1.54, 1.807) is 6.08 Å². The smallest absolute Gasteiger partial charge is 0.167 e. The monoisotopic (exact) mass is 746 g/mol. The fraction of sp³-hybridized carbons (Fsp3) is 0.0196. The van der Waals surface area contributed by atoms with Crippen molar-refractivity contribution in [3.63, 3.8) is 0 Å². The van der Waals surface area contributed by atoms with Crippen LogP contribution in [0.2, 0.25) is 0 Å². The Labute approximate surface area is 333 Å². The third-order valence-electron chi connectivity index (χ3n) is 11.0. The summed E-state index contributed by atoms with van der Waals surface area (Å²) in [4.78, 5) is 20.2. The van der Waals surface area contributed by atoms with E-state index in [2.05, 4.69) is 108 Å². The molecular weight excluding hydrogens is 713 g/mol. The summed E-state index contributed by atoms with van der Waals surface area (Å²) >= 11 is 0. The number of hydrogen-bond donors (Lipinski definition) is 0. The molecule has 0 radical (unpaired) electrons. The Morgan fingerprint density at radius 1 is 0.569 bits per heavy atom. The molecule has 11 rings (SSSR count). The lowest BCUT2D eigenvalue weighted by Gasteiger charge is -2.11. The fourth-order valence-corrected chi connectivity index (χ4v) is 8.34. The molecule has 58 heavy (non-hydrogen) atoms. The maximum atomic E-state index is 6.46. The Morgan fingerprint density at radius 2 is 1.26 bits per heavy atom. The van der Waals surface area contributed by atoms with Gasteiger partial charge in [-0.05, 0) is 61.5 Å². The molecule has 0 saturated heterocycles. The zero-order valence-corrected chi connectivity index (χ0v) is 31.5. The van der Waals surface area contributed by atoms with Crippen molar-refractivity contribution in [2.75, 3.05) is 0 Å². The van der Waals surface area contributed by atoms with Gasteiger partial charge < -0.3 is 8.98 Å². The van der Waals surface area contributed by atoms with Gasteiger partial charge in [-0.15, -0.1) is 0 Å². The van der Waals surface area contributed by atoms with Crippen LogP contribution < -0.4 is 0 Å². The summed E-state index contributed by atoms with van der Waals surface area (Å²) in [7, 11) is 0. The first-order chi connectivity index (χ1) is 28.6. The van der Waals surface area contributed by atoms with Crippen molar-refractivity contribution in [1.82, 2.24) is 29.1 Å². The number of pyridine rings is 1. The zero-order chi connectivity index (χ0) is 38.7. The number of para-hydroxylation sites is 3. The molecule has 274 valence electrons. The number of hydrogen-bond acceptors (Lipinski definition) is 5. The third kappa shape index (κ3) is 5.28. The van der Waals surface area contributed by atoms with Gasteiger partial charge in [0, 0.05) is 61.0 Å². The maximum Gasteiger partial charge on any atom is 0.167 e. The number of nitrogens with zero attached hydrogens (tertiary/aromatic N) is 6. The molecule has 0 atom stereocenters. The van der Waals surface area contributed by atoms with E-state index < -0.39 is 0 Å². The highest BCUT2D eigenvalue weighted by atomic mass is 16.3. The van der Waals surface area contributed by atoms with E-state index in [9.17, 15) is 0 Å². The summed E-state index contributed by atoms with van der Waals surface area (Å²) in [6, 6.07) is 50.1. The van der Waals surface area contributed by atoms with Crippen LogP contribution in [-0.4, -0.2) is 29.1 Å². The largest absolute Gasteiger partial charge is 0.455 e. The van der Waals surface area contributed by atoms with Crippen molar-refractivity contribution in [3.8, 4) is 39.9 Å². The van der Waals surface area contributed by atoms with Gasteiger partial charge >= 0.3 is 0 Å². The molecule has 0 unspecified atom stereocenters. The topological polar surface area (TPSA) is 74.6 Å². The normalized spacial score (nSPS) is 12.3. The lowest BCUT2D eigenvalue weighted by Crippen LogP contribution is -2.01. The van der Waals surface area contributed by atoms with Gasteiger partial charge in [0.05, 0.1) is 22.1 Å². The van der Waals surface area contributed by atoms with Gasteiger partial charge in [-0.3, -0.25) is 4.57 Å². The van der Waals surface area contributed by atoms with Crippen molar-refractivity contribution < 1.29 is 4.42 Å². The van der Waals surface area contributed by atoms with Crippen molar-refractivity contribution in [2.45, 2.75) is 6.92 Å². The number of benzene rings is 6. The van der Waals surface area contributed by atoms with E-state index in [-0.39, 0.29) is 0 Å². The van der Waals surface area contributed by atoms with Gasteiger partial charge in [-0.2, -0.15) is 0 Å². The maximum absolute atomic E-state index is 6.46. The average molecular weight is 747 g/mol. The minimum absolute atomic E-state index is 0.546. The Morgan fingerprint density at radius 3 is 2.12 bits per heavy atom. The van der Waals surface area contributed by atoms with Gasteiger partial charge in [0.25, 0.3) is 0 Å². The zero-order valence-electron chi connectivity index (χ0n) is 31.5. The molecule has 0 amide bonds. The van der Waals surface area contributed by atoms with Crippen molar-refractivity contribution >= 4 is 71.4 Å². The van der Waals surface area contributed by atoms with Crippen LogP contribution in [0.3, 0.4) is 0 Å². The number of aromatic nitrogens is 6. The van der Waals surface area contributed by atoms with Crippen LogP contribution in [0.25, 0.3) is 111 Å². The van der Waals surface area contributed by atoms with Crippen LogP contribution >= 0.6 is 0 Å². The molecule has 11 aromatic rings. The molecule has 5 aromatic heterocycles. The quantitative estimate of drug-likeness (QED) is 0.152. The average Bonchev–Trinajstić information content (AvgIpc) is 3.94. The third-order valence-corrected chi connectivity index (χ3v) is 11.0. The summed E-state index contributed by atoms with van der Waals surface area (Å²) < 4.78 is 11.0. The second-order valence-corrected chi connectivity index (χ2v) is 14.4. The summed E-state index contributed by atoms with van der Waals surface area (Å²) in [6.07, 6.45) is 9.73. The molecule has 0 aliphatic carbocycles. The first-order valence-electron chi connectivity index (χ1n) is 19.3. The van der Waals surface area contributed by atoms with Crippen LogP contribution in [0.1, 0.15) is 6.92 Å². The van der Waals surface area contributed by atoms with Crippen LogP contribution in [-0.2, 0) is 0 Å². The first kappa shape index (κ1) is 33.4. The lowest BCUT2D eigenvalue weighted by molar-refractivity contribution is 0.669. The van der Waals surface area contributed by atoms with E-state index in [0.29, 0.717) is 17.5 Å². The number of allylic oxidation sites excluding steroid dienone is 5. The van der Waals surface area contributed by atoms with Crippen molar-refractivity contribution in [1.29, 1.82) is 0 Å². The molecule has 0 N–H and O–H groups in total. The van der Waals surface area contributed by atoms with Crippen LogP contribution in [0.4, 0.5) is 0 Å². The van der Waals surface area contributed by atoms with Crippen LogP contribution in [0.15, 0.2) is 187 Å². The predicted octanol–water partition coefficient (Wildman–Crippen LogP) is 13.0. The van der Waals surface area contributed by atoms with Crippen molar-refractivity contribution in [3.05, 3.63) is 183 Å². The lowest BCUT2D eigenvalue weighted by atomic mass is 10.1. The fourth-order valence-electron chi connectivity index (χ4n) is 8.34. The Balaban J connectivity index is 1.15. The van der Waals surface area contributed by atoms with E-state index in [1.807, 2.05) is 85.1 Å². The first-order valence-corrected chi connectivity index (χ1v) is 19.3. The highest BCUT2D eigenvalue weighted by molar-refractivity contribution is 6.13. The number of fused-ring (bicyclic) bond motifs is 9. The molecule has 0 aliphatic heterocycles. The summed E-state index contributed by atoms with van der Waals surface area (Å²) in [5, 5.41) is 6.63. The Hall–Kier alpha value is -7.90. The second kappa shape index (κ2) is 13.4.